The smallest absolute Gasteiger partial charge is 0.197 e. The maximum absolute atomic E-state index is 4.60. The Hall–Kier alpha value is -1.91. The highest BCUT2D eigenvalue weighted by Gasteiger charge is 2.26. The average molecular weight is 243 g/mol. The summed E-state index contributed by atoms with van der Waals surface area (Å²) in [6.07, 6.45) is 7.08. The summed E-state index contributed by atoms with van der Waals surface area (Å²) in [6.45, 7) is 3.07. The molecule has 0 amide bonds. The van der Waals surface area contributed by atoms with E-state index in [0.717, 1.165) is 30.3 Å². The Kier molecular flexibility index (Phi) is 2.96. The lowest BCUT2D eigenvalue weighted by Crippen LogP contribution is -2.05. The molecule has 1 aliphatic rings. The van der Waals surface area contributed by atoms with E-state index in [-0.39, 0.29) is 0 Å². The molecule has 2 aromatic heterocycles. The van der Waals surface area contributed by atoms with Crippen molar-refractivity contribution in [3.63, 3.8) is 0 Å². The minimum absolute atomic E-state index is 0.615. The molecule has 3 rings (SSSR count). The van der Waals surface area contributed by atoms with Gasteiger partial charge in [0.25, 0.3) is 0 Å². The minimum atomic E-state index is 0.615. The fraction of sp³-hybridized carbons (Fsp3) is 0.462. The average Bonchev–Trinajstić information content (AvgIpc) is 3.11. The molecule has 5 nitrogen and oxygen atoms in total. The number of hydrogen-bond acceptors (Lipinski definition) is 4. The maximum atomic E-state index is 4.60. The van der Waals surface area contributed by atoms with Crippen LogP contribution in [0.1, 0.15) is 37.8 Å². The van der Waals surface area contributed by atoms with Gasteiger partial charge in [-0.05, 0) is 19.3 Å². The molecule has 0 bridgehead atoms. The van der Waals surface area contributed by atoms with Crippen molar-refractivity contribution in [2.45, 2.75) is 32.1 Å². The van der Waals surface area contributed by atoms with Crippen LogP contribution in [0, 0.1) is 0 Å². The van der Waals surface area contributed by atoms with Crippen molar-refractivity contribution in [2.75, 3.05) is 11.9 Å². The fourth-order valence-corrected chi connectivity index (χ4v) is 1.89. The van der Waals surface area contributed by atoms with Crippen LogP contribution >= 0.6 is 0 Å². The van der Waals surface area contributed by atoms with E-state index >= 15 is 0 Å². The maximum Gasteiger partial charge on any atom is 0.197 e. The third kappa shape index (κ3) is 2.34. The van der Waals surface area contributed by atoms with E-state index in [9.17, 15) is 0 Å². The van der Waals surface area contributed by atoms with Gasteiger partial charge >= 0.3 is 0 Å². The van der Waals surface area contributed by atoms with Crippen LogP contribution < -0.4 is 5.32 Å². The fourth-order valence-electron chi connectivity index (χ4n) is 1.89. The molecular weight excluding hydrogens is 226 g/mol. The number of imidazole rings is 1. The van der Waals surface area contributed by atoms with Crippen molar-refractivity contribution in [1.29, 1.82) is 0 Å². The Morgan fingerprint density at radius 2 is 2.28 bits per heavy atom. The molecule has 5 heteroatoms. The molecule has 1 saturated carbocycles. The van der Waals surface area contributed by atoms with Gasteiger partial charge in [-0.1, -0.05) is 6.92 Å². The van der Waals surface area contributed by atoms with Crippen LogP contribution in [0.5, 0.6) is 0 Å². The van der Waals surface area contributed by atoms with Gasteiger partial charge < -0.3 is 10.3 Å². The first kappa shape index (κ1) is 11.2. The van der Waals surface area contributed by atoms with Crippen LogP contribution in [0.4, 0.5) is 5.82 Å². The van der Waals surface area contributed by atoms with Gasteiger partial charge in [-0.3, -0.25) is 0 Å². The number of nitrogens with one attached hydrogen (secondary N) is 2. The Bertz CT molecular complexity index is 516. The zero-order chi connectivity index (χ0) is 12.4. The normalized spacial score (nSPS) is 14.7. The molecule has 0 aromatic carbocycles. The molecule has 18 heavy (non-hydrogen) atoms. The monoisotopic (exact) mass is 243 g/mol. The number of nitrogens with zero attached hydrogens (tertiary/aromatic N) is 3. The number of hydrogen-bond donors (Lipinski definition) is 2. The molecule has 2 N–H and O–H groups in total. The number of aromatic amines is 1. The number of aromatic nitrogens is 4. The number of rotatable bonds is 5. The lowest BCUT2D eigenvalue weighted by molar-refractivity contribution is 0.943. The standard InChI is InChI=1S/C13H17N5/c1-2-5-14-11-8-10(9-3-4-9)17-13(18-11)12-15-6-7-16-12/h6-9H,2-5H2,1H3,(H,15,16)(H,14,17,18). The van der Waals surface area contributed by atoms with Crippen LogP contribution in [0.3, 0.4) is 0 Å². The van der Waals surface area contributed by atoms with Gasteiger partial charge in [-0.25, -0.2) is 15.0 Å². The summed E-state index contributed by atoms with van der Waals surface area (Å²) in [7, 11) is 0. The topological polar surface area (TPSA) is 66.5 Å². The van der Waals surface area contributed by atoms with E-state index in [1.165, 1.54) is 12.8 Å². The quantitative estimate of drug-likeness (QED) is 0.847. The molecular formula is C13H17N5. The second kappa shape index (κ2) is 4.76. The molecule has 1 aliphatic carbocycles. The second-order valence-electron chi connectivity index (χ2n) is 4.64. The minimum Gasteiger partial charge on any atom is -0.370 e. The first-order chi connectivity index (χ1) is 8.86. The van der Waals surface area contributed by atoms with E-state index in [2.05, 4.69) is 38.2 Å². The summed E-state index contributed by atoms with van der Waals surface area (Å²) in [5, 5.41) is 3.33. The third-order valence-corrected chi connectivity index (χ3v) is 3.01. The highest BCUT2D eigenvalue weighted by molar-refractivity contribution is 5.50. The molecule has 94 valence electrons. The zero-order valence-electron chi connectivity index (χ0n) is 10.5. The Morgan fingerprint density at radius 3 is 2.94 bits per heavy atom. The highest BCUT2D eigenvalue weighted by atomic mass is 15.1. The van der Waals surface area contributed by atoms with E-state index < -0.39 is 0 Å². The van der Waals surface area contributed by atoms with Crippen molar-refractivity contribution >= 4 is 5.82 Å². The number of anilines is 1. The van der Waals surface area contributed by atoms with E-state index in [1.54, 1.807) is 12.4 Å². The first-order valence-electron chi connectivity index (χ1n) is 6.49. The van der Waals surface area contributed by atoms with Crippen molar-refractivity contribution in [1.82, 2.24) is 19.9 Å². The van der Waals surface area contributed by atoms with Gasteiger partial charge in [0.05, 0.1) is 0 Å². The molecule has 0 spiro atoms. The highest BCUT2D eigenvalue weighted by Crippen LogP contribution is 2.39. The van der Waals surface area contributed by atoms with E-state index in [0.29, 0.717) is 11.7 Å². The van der Waals surface area contributed by atoms with Crippen molar-refractivity contribution in [3.05, 3.63) is 24.2 Å². The summed E-state index contributed by atoms with van der Waals surface area (Å²) >= 11 is 0. The lowest BCUT2D eigenvalue weighted by Gasteiger charge is -2.07. The van der Waals surface area contributed by atoms with Gasteiger partial charge in [0.1, 0.15) is 5.82 Å². The van der Waals surface area contributed by atoms with Crippen LogP contribution in [0.15, 0.2) is 18.5 Å². The van der Waals surface area contributed by atoms with Crippen LogP contribution in [0.25, 0.3) is 11.6 Å². The predicted molar refractivity (Wildman–Crippen MR) is 70.4 cm³/mol. The summed E-state index contributed by atoms with van der Waals surface area (Å²) in [4.78, 5) is 16.4. The second-order valence-corrected chi connectivity index (χ2v) is 4.64. The van der Waals surface area contributed by atoms with Crippen LogP contribution in [-0.4, -0.2) is 26.5 Å². The molecule has 1 fully saturated rings. The van der Waals surface area contributed by atoms with Crippen molar-refractivity contribution in [2.24, 2.45) is 0 Å². The molecule has 0 radical (unpaired) electrons. The van der Waals surface area contributed by atoms with E-state index in [1.807, 2.05) is 0 Å². The lowest BCUT2D eigenvalue weighted by atomic mass is 10.2. The van der Waals surface area contributed by atoms with E-state index in [4.69, 9.17) is 0 Å². The molecule has 2 heterocycles. The van der Waals surface area contributed by atoms with Crippen molar-refractivity contribution < 1.29 is 0 Å². The van der Waals surface area contributed by atoms with Crippen molar-refractivity contribution in [3.8, 4) is 11.6 Å². The van der Waals surface area contributed by atoms with Crippen LogP contribution in [0.2, 0.25) is 0 Å². The number of H-pyrrole nitrogens is 1. The first-order valence-corrected chi connectivity index (χ1v) is 6.49. The predicted octanol–water partition coefficient (Wildman–Crippen LogP) is 2.57. The Morgan fingerprint density at radius 1 is 1.39 bits per heavy atom. The van der Waals surface area contributed by atoms with Gasteiger partial charge in [0, 0.05) is 36.6 Å². The van der Waals surface area contributed by atoms with Gasteiger partial charge in [-0.2, -0.15) is 0 Å². The molecule has 0 unspecified atom stereocenters. The molecule has 0 atom stereocenters. The third-order valence-electron chi connectivity index (χ3n) is 3.01. The summed E-state index contributed by atoms with van der Waals surface area (Å²) in [5.41, 5.74) is 1.13. The van der Waals surface area contributed by atoms with Crippen LogP contribution in [-0.2, 0) is 0 Å². The largest absolute Gasteiger partial charge is 0.370 e. The Balaban J connectivity index is 1.94. The Labute approximate surface area is 106 Å². The molecule has 0 saturated heterocycles. The SMILES string of the molecule is CCCNc1cc(C2CC2)nc(-c2ncc[nH]2)n1. The summed E-state index contributed by atoms with van der Waals surface area (Å²) < 4.78 is 0. The van der Waals surface area contributed by atoms with Gasteiger partial charge in [0.2, 0.25) is 0 Å². The zero-order valence-corrected chi connectivity index (χ0v) is 10.5. The molecule has 2 aromatic rings. The van der Waals surface area contributed by atoms with Gasteiger partial charge in [0.15, 0.2) is 11.6 Å². The summed E-state index contributed by atoms with van der Waals surface area (Å²) in [5.74, 6) is 2.93. The summed E-state index contributed by atoms with van der Waals surface area (Å²) in [6, 6.07) is 2.07. The van der Waals surface area contributed by atoms with Gasteiger partial charge in [-0.15, -0.1) is 0 Å². The molecule has 0 aliphatic heterocycles.